The minimum absolute atomic E-state index is 0.118. The van der Waals surface area contributed by atoms with Gasteiger partial charge in [-0.3, -0.25) is 39.9 Å². The van der Waals surface area contributed by atoms with Gasteiger partial charge in [0.05, 0.1) is 42.6 Å². The Kier molecular flexibility index (Phi) is 8.74. The maximum absolute atomic E-state index is 13.1. The van der Waals surface area contributed by atoms with Gasteiger partial charge in [-0.05, 0) is 25.3 Å². The number of rotatable bonds is 12. The van der Waals surface area contributed by atoms with Crippen LogP contribution >= 0.6 is 21.6 Å². The molecule has 0 aromatic heterocycles. The van der Waals surface area contributed by atoms with E-state index in [4.69, 9.17) is 4.74 Å². The van der Waals surface area contributed by atoms with Crippen LogP contribution in [0.4, 0.5) is 17.1 Å². The maximum atomic E-state index is 13.1. The maximum Gasteiger partial charge on any atom is 0.305 e. The molecule has 1 heterocycles. The van der Waals surface area contributed by atoms with Crippen molar-refractivity contribution in [1.29, 1.82) is 0 Å². The van der Waals surface area contributed by atoms with Gasteiger partial charge in [-0.25, -0.2) is 8.42 Å². The van der Waals surface area contributed by atoms with Crippen molar-refractivity contribution in [3.63, 3.8) is 0 Å². The number of benzene rings is 2. The Morgan fingerprint density at radius 2 is 1.60 bits per heavy atom. The molecule has 0 bridgehead atoms. The highest BCUT2D eigenvalue weighted by Gasteiger charge is 2.42. The fraction of sp³-hybridized carbons (Fsp3) is 0.391. The Morgan fingerprint density at radius 1 is 0.950 bits per heavy atom. The number of esters is 1. The van der Waals surface area contributed by atoms with Crippen LogP contribution in [0.25, 0.3) is 11.1 Å². The van der Waals surface area contributed by atoms with Gasteiger partial charge < -0.3 is 4.74 Å². The van der Waals surface area contributed by atoms with E-state index in [2.05, 4.69) is 0 Å². The zero-order valence-corrected chi connectivity index (χ0v) is 23.1. The molecule has 0 spiro atoms. The molecule has 1 unspecified atom stereocenters. The Balaban J connectivity index is 1.53. The molecule has 0 saturated carbocycles. The van der Waals surface area contributed by atoms with E-state index in [1.807, 2.05) is 21.6 Å². The summed E-state index contributed by atoms with van der Waals surface area (Å²) in [4.78, 5) is 56.3. The predicted octanol–water partition coefficient (Wildman–Crippen LogP) is 4.65. The average molecular weight is 612 g/mol. The van der Waals surface area contributed by atoms with Crippen LogP contribution < -0.4 is 0 Å². The monoisotopic (exact) mass is 611 g/mol. The smallest absolute Gasteiger partial charge is 0.305 e. The number of ether oxygens (including phenoxy) is 1. The quantitative estimate of drug-likeness (QED) is 0.0899. The van der Waals surface area contributed by atoms with Crippen molar-refractivity contribution in [2.75, 3.05) is 18.1 Å². The molecule has 212 valence electrons. The molecule has 0 N–H and O–H groups in total. The number of non-ortho nitro benzene ring substituents is 1. The third-order valence-corrected chi connectivity index (χ3v) is 11.1. The molecule has 1 aliphatic heterocycles. The predicted molar refractivity (Wildman–Crippen MR) is 145 cm³/mol. The number of ketones is 1. The van der Waals surface area contributed by atoms with Gasteiger partial charge in [0.25, 0.3) is 17.1 Å². The molecule has 1 atom stereocenters. The van der Waals surface area contributed by atoms with E-state index in [0.29, 0.717) is 23.8 Å². The van der Waals surface area contributed by atoms with Gasteiger partial charge in [-0.15, -0.1) is 0 Å². The van der Waals surface area contributed by atoms with Crippen molar-refractivity contribution in [2.45, 2.75) is 42.2 Å². The highest BCUT2D eigenvalue weighted by molar-refractivity contribution is 8.77. The number of nitrogens with zero attached hydrogens (tertiary/aromatic N) is 3. The lowest BCUT2D eigenvalue weighted by molar-refractivity contribution is -0.394. The summed E-state index contributed by atoms with van der Waals surface area (Å²) in [6.07, 6.45) is 3.66. The number of nitro benzene ring substituents is 3. The van der Waals surface area contributed by atoms with Crippen molar-refractivity contribution in [1.82, 2.24) is 0 Å². The normalized spacial score (nSPS) is 15.9. The average Bonchev–Trinajstić information content (AvgIpc) is 3.52. The summed E-state index contributed by atoms with van der Waals surface area (Å²) in [6.45, 7) is -0.521. The zero-order chi connectivity index (χ0) is 29.2. The number of hydrogen-bond acceptors (Lipinski definition) is 13. The zero-order valence-electron chi connectivity index (χ0n) is 20.6. The number of carbonyl (C=O) groups is 2. The first-order valence-electron chi connectivity index (χ1n) is 11.9. The molecule has 1 fully saturated rings. The van der Waals surface area contributed by atoms with Crippen molar-refractivity contribution >= 4 is 60.2 Å². The molecule has 1 aliphatic carbocycles. The standard InChI is InChI=1S/C23H21N3O11S3/c27-20(4-2-1-3-14-5-7-38-39-14)37-6-8-40(35,36)15-11-17-22(19(12-15)26(33)34)21-16(23(17)28)9-13(24(29)30)10-18(21)25(31)32/h9-12,14H,1-8H2. The van der Waals surface area contributed by atoms with Crippen LogP contribution in [-0.4, -0.2) is 58.3 Å². The molecule has 40 heavy (non-hydrogen) atoms. The summed E-state index contributed by atoms with van der Waals surface area (Å²) in [6, 6.07) is 2.85. The number of hydrogen-bond donors (Lipinski definition) is 0. The molecule has 2 aromatic carbocycles. The van der Waals surface area contributed by atoms with Crippen LogP contribution in [0.1, 0.15) is 48.0 Å². The molecular weight excluding hydrogens is 590 g/mol. The molecule has 14 nitrogen and oxygen atoms in total. The van der Waals surface area contributed by atoms with E-state index in [0.717, 1.165) is 37.1 Å². The van der Waals surface area contributed by atoms with Crippen molar-refractivity contribution in [3.05, 3.63) is 65.7 Å². The summed E-state index contributed by atoms with van der Waals surface area (Å²) in [5, 5.41) is 35.3. The lowest BCUT2D eigenvalue weighted by atomic mass is 10.0. The van der Waals surface area contributed by atoms with Gasteiger partial charge >= 0.3 is 5.97 Å². The van der Waals surface area contributed by atoms with Gasteiger partial charge in [0.2, 0.25) is 0 Å². The van der Waals surface area contributed by atoms with E-state index in [1.54, 1.807) is 0 Å². The van der Waals surface area contributed by atoms with E-state index >= 15 is 0 Å². The van der Waals surface area contributed by atoms with Crippen LogP contribution in [0.3, 0.4) is 0 Å². The summed E-state index contributed by atoms with van der Waals surface area (Å²) in [5.74, 6) is -1.22. The molecule has 0 amide bonds. The third-order valence-electron chi connectivity index (χ3n) is 6.40. The number of unbranched alkanes of at least 4 members (excludes halogenated alkanes) is 1. The second-order valence-corrected chi connectivity index (χ2v) is 13.9. The largest absolute Gasteiger partial charge is 0.465 e. The van der Waals surface area contributed by atoms with Crippen LogP contribution in [0.5, 0.6) is 0 Å². The van der Waals surface area contributed by atoms with Gasteiger partial charge in [-0.2, -0.15) is 0 Å². The van der Waals surface area contributed by atoms with Crippen LogP contribution in [-0.2, 0) is 19.4 Å². The van der Waals surface area contributed by atoms with Crippen molar-refractivity contribution < 1.29 is 37.5 Å². The van der Waals surface area contributed by atoms with Gasteiger partial charge in [0.15, 0.2) is 15.6 Å². The lowest BCUT2D eigenvalue weighted by Crippen LogP contribution is -2.16. The number of sulfone groups is 1. The minimum Gasteiger partial charge on any atom is -0.465 e. The first-order valence-corrected chi connectivity index (χ1v) is 15.9. The fourth-order valence-corrected chi connectivity index (χ4v) is 8.63. The van der Waals surface area contributed by atoms with Crippen molar-refractivity contribution in [3.8, 4) is 11.1 Å². The molecule has 4 rings (SSSR count). The van der Waals surface area contributed by atoms with E-state index < -0.39 is 92.9 Å². The van der Waals surface area contributed by atoms with E-state index in [9.17, 15) is 48.3 Å². The Morgan fingerprint density at radius 3 is 2.20 bits per heavy atom. The Hall–Kier alpha value is -3.57. The summed E-state index contributed by atoms with van der Waals surface area (Å²) in [5.41, 5.74) is -4.59. The fourth-order valence-electron chi connectivity index (χ4n) is 4.48. The van der Waals surface area contributed by atoms with E-state index in [-0.39, 0.29) is 6.42 Å². The molecule has 2 aliphatic rings. The Bertz CT molecular complexity index is 1540. The number of nitro groups is 3. The second kappa shape index (κ2) is 11.9. The summed E-state index contributed by atoms with van der Waals surface area (Å²) < 4.78 is 31.0. The van der Waals surface area contributed by atoms with Gasteiger partial charge in [0, 0.05) is 40.7 Å². The number of carbonyl (C=O) groups excluding carboxylic acids is 2. The Labute approximate surface area is 234 Å². The summed E-state index contributed by atoms with van der Waals surface area (Å²) in [7, 11) is -0.642. The minimum atomic E-state index is -4.31. The second-order valence-electron chi connectivity index (χ2n) is 8.97. The van der Waals surface area contributed by atoms with E-state index in [1.165, 1.54) is 0 Å². The highest BCUT2D eigenvalue weighted by Crippen LogP contribution is 2.49. The first kappa shape index (κ1) is 29.4. The molecule has 2 aromatic rings. The highest BCUT2D eigenvalue weighted by atomic mass is 33.1. The van der Waals surface area contributed by atoms with Crippen LogP contribution in [0.2, 0.25) is 0 Å². The van der Waals surface area contributed by atoms with Gasteiger partial charge in [-0.1, -0.05) is 28.0 Å². The van der Waals surface area contributed by atoms with Gasteiger partial charge in [0.1, 0.15) is 6.61 Å². The first-order chi connectivity index (χ1) is 18.9. The van der Waals surface area contributed by atoms with Crippen LogP contribution in [0.15, 0.2) is 29.2 Å². The van der Waals surface area contributed by atoms with Crippen molar-refractivity contribution in [2.24, 2.45) is 0 Å². The number of fused-ring (bicyclic) bond motifs is 3. The van der Waals surface area contributed by atoms with Crippen LogP contribution in [0, 0.1) is 30.3 Å². The molecule has 1 saturated heterocycles. The molecule has 17 heteroatoms. The molecular formula is C23H21N3O11S3. The molecule has 0 radical (unpaired) electrons. The third kappa shape index (κ3) is 6.10. The lowest BCUT2D eigenvalue weighted by Gasteiger charge is -2.09. The summed E-state index contributed by atoms with van der Waals surface area (Å²) >= 11 is 0. The topological polar surface area (TPSA) is 207 Å². The SMILES string of the molecule is O=C(CCCCC1CCSS1)OCCS(=O)(=O)c1cc2c(c([N+](=O)[O-])c1)-c1c(cc([N+](=O)[O-])cc1[N+](=O)[O-])C2=O.